The van der Waals surface area contributed by atoms with Crippen LogP contribution >= 0.6 is 0 Å². The Hall–Kier alpha value is -15.3. The van der Waals surface area contributed by atoms with Crippen molar-refractivity contribution in [1.29, 1.82) is 0 Å². The van der Waals surface area contributed by atoms with E-state index in [-0.39, 0.29) is 59.2 Å². The van der Waals surface area contributed by atoms with Gasteiger partial charge in [-0.25, -0.2) is 29.7 Å². The molecule has 16 rings (SSSR count). The normalized spacial score (nSPS) is 13.6. The van der Waals surface area contributed by atoms with Gasteiger partial charge in [0.1, 0.15) is 17.2 Å². The number of methoxy groups -OCH3 is 3. The fourth-order valence-corrected chi connectivity index (χ4v) is 12.6. The summed E-state index contributed by atoms with van der Waals surface area (Å²) < 4.78 is 37.1. The van der Waals surface area contributed by atoms with E-state index in [4.69, 9.17) is 31.9 Å². The molecule has 121 heavy (non-hydrogen) atoms. The number of amides is 7. The Bertz CT molecular complexity index is 5490. The number of ether oxygens (including phenoxy) is 3. The molecule has 4 fully saturated rings. The van der Waals surface area contributed by atoms with Crippen molar-refractivity contribution in [2.45, 2.75) is 6.42 Å². The lowest BCUT2D eigenvalue weighted by Crippen LogP contribution is -2.43. The Labute approximate surface area is 691 Å². The average Bonchev–Trinajstić information content (AvgIpc) is 1.82. The van der Waals surface area contributed by atoms with Gasteiger partial charge in [0.15, 0.2) is 5.82 Å². The molecule has 0 bridgehead atoms. The molecule has 0 unspecified atom stereocenters. The molecule has 0 saturated carbocycles. The largest absolute Gasteiger partial charge is 0.497 e. The van der Waals surface area contributed by atoms with E-state index in [9.17, 15) is 33.6 Å². The fourth-order valence-electron chi connectivity index (χ4n) is 12.6. The summed E-state index contributed by atoms with van der Waals surface area (Å²) in [5.74, 6) is -0.483. The molecule has 0 spiro atoms. The molecule has 4 aliphatic rings. The molecule has 12 aromatic rings. The number of pyridine rings is 4. The predicted molar refractivity (Wildman–Crippen MR) is 448 cm³/mol. The maximum atomic E-state index is 12.7. The van der Waals surface area contributed by atoms with E-state index >= 15 is 0 Å². The highest BCUT2D eigenvalue weighted by Crippen LogP contribution is 2.31. The first-order valence-corrected chi connectivity index (χ1v) is 38.2. The van der Waals surface area contributed by atoms with E-state index in [0.717, 1.165) is 133 Å². The van der Waals surface area contributed by atoms with Crippen LogP contribution in [0, 0.1) is 0 Å². The van der Waals surface area contributed by atoms with Gasteiger partial charge in [0, 0.05) is 166 Å². The van der Waals surface area contributed by atoms with Crippen LogP contribution < -0.4 is 97.6 Å². The van der Waals surface area contributed by atoms with Crippen molar-refractivity contribution in [3.8, 4) is 17.2 Å². The molecule has 9 aromatic heterocycles. The first-order valence-electron chi connectivity index (χ1n) is 38.2. The molecule has 13 heterocycles. The number of carbonyl (C=O) groups excluding carboxylic acids is 7. The molecule has 7 amide bonds. The van der Waals surface area contributed by atoms with Gasteiger partial charge in [-0.1, -0.05) is 24.3 Å². The van der Waals surface area contributed by atoms with E-state index in [1.54, 1.807) is 136 Å². The minimum Gasteiger partial charge on any atom is -0.497 e. The number of carbonyl (C=O) groups is 7. The summed E-state index contributed by atoms with van der Waals surface area (Å²) in [6.45, 7) is 13.7. The molecular weight excluding hydrogens is 1560 g/mol. The number of piperazine rings is 4. The molecule has 40 heteroatoms. The Morgan fingerprint density at radius 3 is 1.20 bits per heavy atom. The minimum absolute atomic E-state index is 0.0314. The SMILES string of the molecule is COc1cccc(C(=O)Nc2ncc(C(=O)Nc3cnccc3N3CCNCC3)o2)c1.COc1cccc(CC(=O)c2ncc(C(=O)Nc3cnccc3N3CCNCC3)o2)c1.COc1cccc(NC(=O)Nc2ncc(C(=O)Nc3cnccc3N3CCNCC3)o2)c1.O=C(Nc1cnccc1N1CCNCC1)c1cnc(Nc2cnccn2)o1. The first-order chi connectivity index (χ1) is 59.2. The van der Waals surface area contributed by atoms with Crippen molar-refractivity contribution in [2.24, 2.45) is 0 Å². The van der Waals surface area contributed by atoms with Crippen LogP contribution in [0.25, 0.3) is 0 Å². The number of oxazole rings is 4. The number of hydrogen-bond donors (Lipinski definition) is 12. The summed E-state index contributed by atoms with van der Waals surface area (Å²) >= 11 is 0. The van der Waals surface area contributed by atoms with Crippen LogP contribution in [0.5, 0.6) is 17.2 Å². The number of ketones is 1. The maximum absolute atomic E-state index is 12.7. The lowest BCUT2D eigenvalue weighted by Gasteiger charge is -2.30. The van der Waals surface area contributed by atoms with Gasteiger partial charge in [-0.3, -0.25) is 69.6 Å². The lowest BCUT2D eigenvalue weighted by atomic mass is 10.1. The van der Waals surface area contributed by atoms with Crippen LogP contribution in [0.3, 0.4) is 0 Å². The number of aromatic nitrogens is 10. The molecule has 4 aliphatic heterocycles. The molecular formula is C81H86N26O14. The highest BCUT2D eigenvalue weighted by Gasteiger charge is 2.26. The molecule has 12 N–H and O–H groups in total. The minimum atomic E-state index is -0.569. The molecule has 0 atom stereocenters. The summed E-state index contributed by atoms with van der Waals surface area (Å²) in [7, 11) is 4.62. The highest BCUT2D eigenvalue weighted by atomic mass is 16.5. The van der Waals surface area contributed by atoms with E-state index in [0.29, 0.717) is 57.1 Å². The highest BCUT2D eigenvalue weighted by molar-refractivity contribution is 6.08. The summed E-state index contributed by atoms with van der Waals surface area (Å²) in [6.07, 6.45) is 23.0. The van der Waals surface area contributed by atoms with Gasteiger partial charge in [-0.05, 0) is 72.3 Å². The van der Waals surface area contributed by atoms with E-state index < -0.39 is 35.6 Å². The number of Topliss-reactive ketones (excluding diaryl/α,β-unsaturated/α-hetero) is 1. The Morgan fingerprint density at radius 1 is 0.364 bits per heavy atom. The van der Waals surface area contributed by atoms with Gasteiger partial charge >= 0.3 is 24.1 Å². The van der Waals surface area contributed by atoms with Crippen LogP contribution in [-0.2, 0) is 6.42 Å². The monoisotopic (exact) mass is 1650 g/mol. The summed E-state index contributed by atoms with van der Waals surface area (Å²) in [5.41, 5.74) is 7.61. The quantitative estimate of drug-likeness (QED) is 0.0256. The standard InChI is InChI=1S/C22H23N5O4.C21H23N7O4.C21H22N6O4.C17H18N8O2/c1-30-16-4-2-3-15(11-16)12-19(28)22-25-14-20(31-22)21(29)26-17-13-24-6-5-18(17)27-9-7-23-8-10-27;1-31-15-4-2-3-14(11-15)25-20(30)27-21-24-13-18(32-21)19(29)26-16-12-23-6-5-17(16)28-9-7-22-8-10-28;1-30-15-4-2-3-14(11-15)19(28)26-21-24-13-18(31-21)20(29)25-16-12-23-6-5-17(16)27-9-7-22-8-10-27;26-16(14-10-22-17(27-14)24-15-11-20-3-4-21-15)23-12-9-19-2-1-13(12)25-7-5-18-6-8-25/h2-6,11,13-14,23H,7-10,12H2,1H3,(H,26,29);2-6,11-13,22H,7-10H2,1H3,(H,26,29)(H2,24,25,27,30);2-6,11-13,22H,7-10H2,1H3,(H,25,29)(H,24,26,28);1-4,9-11,18H,5-8H2,(H,23,26)(H,21,22,24). The van der Waals surface area contributed by atoms with Crippen LogP contribution in [-0.4, -0.2) is 217 Å². The van der Waals surface area contributed by atoms with Crippen LogP contribution in [0.4, 0.5) is 79.8 Å². The predicted octanol–water partition coefficient (Wildman–Crippen LogP) is 7.81. The van der Waals surface area contributed by atoms with Crippen LogP contribution in [0.1, 0.15) is 68.8 Å². The van der Waals surface area contributed by atoms with Crippen molar-refractivity contribution < 1.29 is 65.4 Å². The Kier molecular flexibility index (Phi) is 29.1. The van der Waals surface area contributed by atoms with Gasteiger partial charge in [-0.2, -0.15) is 0 Å². The van der Waals surface area contributed by atoms with E-state index in [1.165, 1.54) is 45.2 Å². The van der Waals surface area contributed by atoms with E-state index in [2.05, 4.69) is 133 Å². The topological polar surface area (TPSA) is 486 Å². The van der Waals surface area contributed by atoms with Crippen molar-refractivity contribution in [1.82, 2.24) is 71.1 Å². The second kappa shape index (κ2) is 42.0. The van der Waals surface area contributed by atoms with Crippen molar-refractivity contribution in [3.63, 3.8) is 0 Å². The molecule has 0 aliphatic carbocycles. The van der Waals surface area contributed by atoms with Gasteiger partial charge in [0.25, 0.3) is 35.4 Å². The number of rotatable bonds is 24. The van der Waals surface area contributed by atoms with Crippen LogP contribution in [0.15, 0.2) is 208 Å². The van der Waals surface area contributed by atoms with Gasteiger partial charge in [-0.15, -0.1) is 0 Å². The van der Waals surface area contributed by atoms with Crippen molar-refractivity contribution in [2.75, 3.05) is 188 Å². The van der Waals surface area contributed by atoms with Crippen molar-refractivity contribution >= 4 is 116 Å². The van der Waals surface area contributed by atoms with E-state index in [1.807, 2.05) is 30.3 Å². The Morgan fingerprint density at radius 2 is 0.752 bits per heavy atom. The molecule has 0 radical (unpaired) electrons. The van der Waals surface area contributed by atoms with Crippen LogP contribution in [0.2, 0.25) is 0 Å². The van der Waals surface area contributed by atoms with Gasteiger partial charge in [0.05, 0.1) is 123 Å². The summed E-state index contributed by atoms with van der Waals surface area (Å²) in [6, 6.07) is 27.6. The third kappa shape index (κ3) is 23.5. The Balaban J connectivity index is 0.000000139. The number of nitrogens with one attached hydrogen (secondary N) is 12. The summed E-state index contributed by atoms with van der Waals surface area (Å²) in [5, 5.41) is 35.0. The average molecular weight is 1650 g/mol. The van der Waals surface area contributed by atoms with Gasteiger partial charge < -0.3 is 99.3 Å². The zero-order valence-electron chi connectivity index (χ0n) is 65.9. The smallest absolute Gasteiger partial charge is 0.327 e. The first kappa shape index (κ1) is 83.6. The molecule has 40 nitrogen and oxygen atoms in total. The number of hydrogen-bond acceptors (Lipinski definition) is 33. The second-order valence-corrected chi connectivity index (χ2v) is 26.6. The second-order valence-electron chi connectivity index (χ2n) is 26.6. The number of benzene rings is 3. The van der Waals surface area contributed by atoms with Crippen molar-refractivity contribution in [3.05, 3.63) is 230 Å². The zero-order valence-corrected chi connectivity index (χ0v) is 65.9. The van der Waals surface area contributed by atoms with Gasteiger partial charge in [0.2, 0.25) is 28.8 Å². The maximum Gasteiger partial charge on any atom is 0.327 e. The third-order valence-electron chi connectivity index (χ3n) is 18.6. The lowest BCUT2D eigenvalue weighted by molar-refractivity contribution is 0.0944. The molecule has 624 valence electrons. The zero-order chi connectivity index (χ0) is 84.1. The summed E-state index contributed by atoms with van der Waals surface area (Å²) in [4.78, 5) is 137. The number of anilines is 13. The third-order valence-corrected chi connectivity index (χ3v) is 18.6. The fraction of sp³-hybridized carbons (Fsp3) is 0.247. The number of urea groups is 1. The molecule has 4 saturated heterocycles. The molecule has 3 aromatic carbocycles. The number of nitrogens with zero attached hydrogens (tertiary/aromatic N) is 14.